The molecule has 0 aliphatic rings. The maximum Gasteiger partial charge on any atom is 0.0979 e. The number of allylic oxidation sites excluding steroid dienone is 4. The van der Waals surface area contributed by atoms with Crippen molar-refractivity contribution in [2.24, 2.45) is 0 Å². The third-order valence-electron chi connectivity index (χ3n) is 10.1. The van der Waals surface area contributed by atoms with Crippen molar-refractivity contribution in [1.29, 1.82) is 0 Å². The van der Waals surface area contributed by atoms with Crippen molar-refractivity contribution in [3.63, 3.8) is 0 Å². The number of benzene rings is 8. The van der Waals surface area contributed by atoms with Crippen LogP contribution >= 0.6 is 11.3 Å². The summed E-state index contributed by atoms with van der Waals surface area (Å²) in [6.45, 7) is 10.7. The average Bonchev–Trinajstić information content (AvgIpc) is 3.67. The Labute approximate surface area is 338 Å². The third kappa shape index (κ3) is 7.29. The van der Waals surface area contributed by atoms with Crippen LogP contribution in [0.4, 0.5) is 0 Å². The minimum Gasteiger partial charge on any atom is -0.252 e. The minimum absolute atomic E-state index is 0.875. The smallest absolute Gasteiger partial charge is 0.0979 e. The van der Waals surface area contributed by atoms with Gasteiger partial charge >= 0.3 is 0 Å². The van der Waals surface area contributed by atoms with Crippen molar-refractivity contribution in [3.8, 4) is 44.6 Å². The molecule has 2 aromatic heterocycles. The molecule has 0 atom stereocenters. The monoisotopic (exact) mass is 750 g/mol. The molecule has 0 unspecified atom stereocenters. The second-order valence-corrected chi connectivity index (χ2v) is 14.7. The number of fused-ring (bicyclic) bond motifs is 9. The van der Waals surface area contributed by atoms with Crippen LogP contribution in [0, 0.1) is 0 Å². The van der Waals surface area contributed by atoms with Crippen molar-refractivity contribution in [2.75, 3.05) is 0 Å². The molecule has 8 aromatic carbocycles. The quantitative estimate of drug-likeness (QED) is 0.0994. The van der Waals surface area contributed by atoms with Gasteiger partial charge in [0.05, 0.1) is 22.9 Å². The Hall–Kier alpha value is -6.94. The number of aromatic nitrogens is 2. The van der Waals surface area contributed by atoms with E-state index in [1.807, 2.05) is 43.5 Å². The first-order valence-electron chi connectivity index (χ1n) is 19.2. The van der Waals surface area contributed by atoms with E-state index in [2.05, 4.69) is 177 Å². The van der Waals surface area contributed by atoms with Gasteiger partial charge in [0.1, 0.15) is 0 Å². The summed E-state index contributed by atoms with van der Waals surface area (Å²) >= 11 is 1.88. The second-order valence-electron chi connectivity index (χ2n) is 13.7. The third-order valence-corrected chi connectivity index (χ3v) is 11.3. The normalized spacial score (nSPS) is 11.1. The van der Waals surface area contributed by atoms with Crippen molar-refractivity contribution in [2.45, 2.75) is 13.8 Å². The largest absolute Gasteiger partial charge is 0.252 e. The summed E-state index contributed by atoms with van der Waals surface area (Å²) < 4.78 is 2.61. The van der Waals surface area contributed by atoms with E-state index in [9.17, 15) is 0 Å². The van der Waals surface area contributed by atoms with E-state index in [4.69, 9.17) is 9.97 Å². The maximum atomic E-state index is 5.27. The lowest BCUT2D eigenvalue weighted by Crippen LogP contribution is -1.92. The van der Waals surface area contributed by atoms with E-state index >= 15 is 0 Å². The van der Waals surface area contributed by atoms with Gasteiger partial charge in [-0.3, -0.25) is 4.98 Å². The van der Waals surface area contributed by atoms with Crippen LogP contribution in [-0.2, 0) is 0 Å². The van der Waals surface area contributed by atoms with E-state index in [0.29, 0.717) is 0 Å². The van der Waals surface area contributed by atoms with Gasteiger partial charge in [0.15, 0.2) is 0 Å². The van der Waals surface area contributed by atoms with Crippen molar-refractivity contribution >= 4 is 64.1 Å². The Morgan fingerprint density at radius 1 is 0.456 bits per heavy atom. The number of hydrogen-bond donors (Lipinski definition) is 0. The Morgan fingerprint density at radius 3 is 1.53 bits per heavy atom. The molecule has 0 N–H and O–H groups in total. The summed E-state index contributed by atoms with van der Waals surface area (Å²) in [5, 5.41) is 7.25. The summed E-state index contributed by atoms with van der Waals surface area (Å²) in [5.74, 6) is 0. The molecule has 274 valence electrons. The van der Waals surface area contributed by atoms with Gasteiger partial charge in [0, 0.05) is 36.5 Å². The second kappa shape index (κ2) is 16.8. The Kier molecular flexibility index (Phi) is 10.9. The number of thiophene rings is 1. The van der Waals surface area contributed by atoms with Crippen LogP contribution in [0.15, 0.2) is 207 Å². The predicted molar refractivity (Wildman–Crippen MR) is 250 cm³/mol. The number of nitrogens with zero attached hydrogens (tertiary/aromatic N) is 2. The van der Waals surface area contributed by atoms with Gasteiger partial charge in [-0.15, -0.1) is 17.9 Å². The van der Waals surface area contributed by atoms with Crippen molar-refractivity contribution < 1.29 is 0 Å². The molecule has 0 saturated heterocycles. The molecule has 0 aliphatic heterocycles. The zero-order valence-corrected chi connectivity index (χ0v) is 33.0. The SMILES string of the molecule is C=C/C=C\C.C=CC.c1ccc(-c2ccc(-c3cccc4c3sc3c(-c5cccc(-c6cnc7c8ccccc8c8ccccc8c7n6)c5)cccc34)cc2)cc1. The first-order valence-corrected chi connectivity index (χ1v) is 20.0. The number of hydrogen-bond acceptors (Lipinski definition) is 3. The highest BCUT2D eigenvalue weighted by Crippen LogP contribution is 2.44. The molecule has 10 rings (SSSR count). The van der Waals surface area contributed by atoms with Gasteiger partial charge in [-0.05, 0) is 64.1 Å². The van der Waals surface area contributed by atoms with Crippen LogP contribution in [0.2, 0.25) is 0 Å². The van der Waals surface area contributed by atoms with E-state index in [0.717, 1.165) is 33.1 Å². The Balaban J connectivity index is 0.000000524. The molecule has 10 aromatic rings. The average molecular weight is 751 g/mol. The van der Waals surface area contributed by atoms with Crippen LogP contribution in [0.25, 0.3) is 97.4 Å². The lowest BCUT2D eigenvalue weighted by atomic mass is 9.97. The van der Waals surface area contributed by atoms with E-state index in [1.54, 1.807) is 12.2 Å². The first kappa shape index (κ1) is 37.0. The standard InChI is InChI=1S/C46H28N2S.C5H8.C3H6/c1-2-11-29(12-3-1)30-23-25-31(26-24-30)34-19-9-21-40-41-22-10-20-35(46(41)49-45(34)40)32-13-8-14-33(27-32)42-28-47-43-38-17-6-4-15-36(38)37-16-5-7-18-39(37)44(43)48-42;1-3-5-4-2;1-3-2/h1-28H;3-5H,1H2,2H3;3H,1H2,2H3/b;5-4-;. The topological polar surface area (TPSA) is 25.8 Å². The summed E-state index contributed by atoms with van der Waals surface area (Å²) in [6, 6.07) is 58.7. The van der Waals surface area contributed by atoms with Crippen molar-refractivity contribution in [1.82, 2.24) is 9.97 Å². The Bertz CT molecular complexity index is 3030. The van der Waals surface area contributed by atoms with Crippen LogP contribution in [0.5, 0.6) is 0 Å². The fourth-order valence-electron chi connectivity index (χ4n) is 7.49. The molecular weight excluding hydrogens is 709 g/mol. The van der Waals surface area contributed by atoms with Gasteiger partial charge in [0.2, 0.25) is 0 Å². The fourth-order valence-corrected chi connectivity index (χ4v) is 8.86. The van der Waals surface area contributed by atoms with E-state index < -0.39 is 0 Å². The summed E-state index contributed by atoms with van der Waals surface area (Å²) in [7, 11) is 0. The number of rotatable bonds is 5. The van der Waals surface area contributed by atoms with Gasteiger partial charge in [0.25, 0.3) is 0 Å². The highest BCUT2D eigenvalue weighted by molar-refractivity contribution is 7.26. The molecule has 2 heterocycles. The first-order chi connectivity index (χ1) is 28.1. The summed E-state index contributed by atoms with van der Waals surface area (Å²) in [6.07, 6.45) is 9.25. The Morgan fingerprint density at radius 2 is 0.930 bits per heavy atom. The van der Waals surface area contributed by atoms with Crippen LogP contribution in [-0.4, -0.2) is 9.97 Å². The summed E-state index contributed by atoms with van der Waals surface area (Å²) in [5.41, 5.74) is 11.2. The molecular formula is C54H42N2S. The molecule has 3 heteroatoms. The lowest BCUT2D eigenvalue weighted by Gasteiger charge is -2.11. The van der Waals surface area contributed by atoms with Gasteiger partial charge < -0.3 is 0 Å². The lowest BCUT2D eigenvalue weighted by molar-refractivity contribution is 1.31. The molecule has 0 aliphatic carbocycles. The molecule has 2 nitrogen and oxygen atoms in total. The zero-order chi connectivity index (χ0) is 39.1. The molecule has 57 heavy (non-hydrogen) atoms. The zero-order valence-electron chi connectivity index (χ0n) is 32.2. The van der Waals surface area contributed by atoms with Crippen LogP contribution < -0.4 is 0 Å². The molecule has 0 radical (unpaired) electrons. The molecule has 0 fully saturated rings. The van der Waals surface area contributed by atoms with Crippen LogP contribution in [0.3, 0.4) is 0 Å². The molecule has 0 saturated carbocycles. The van der Waals surface area contributed by atoms with Gasteiger partial charge in [-0.1, -0.05) is 189 Å². The highest BCUT2D eigenvalue weighted by atomic mass is 32.1. The van der Waals surface area contributed by atoms with E-state index in [1.165, 1.54) is 64.3 Å². The van der Waals surface area contributed by atoms with E-state index in [-0.39, 0.29) is 0 Å². The highest BCUT2D eigenvalue weighted by Gasteiger charge is 2.16. The molecule has 0 amide bonds. The molecule has 0 spiro atoms. The fraction of sp³-hybridized carbons (Fsp3) is 0.0370. The predicted octanol–water partition coefficient (Wildman–Crippen LogP) is 15.9. The van der Waals surface area contributed by atoms with Crippen molar-refractivity contribution in [3.05, 3.63) is 207 Å². The van der Waals surface area contributed by atoms with Gasteiger partial charge in [-0.25, -0.2) is 4.98 Å². The minimum atomic E-state index is 0.875. The molecule has 0 bridgehead atoms. The van der Waals surface area contributed by atoms with Gasteiger partial charge in [-0.2, -0.15) is 0 Å². The summed E-state index contributed by atoms with van der Waals surface area (Å²) in [4.78, 5) is 10.3. The maximum absolute atomic E-state index is 5.27. The van der Waals surface area contributed by atoms with Crippen LogP contribution in [0.1, 0.15) is 13.8 Å².